The zero-order valence-electron chi connectivity index (χ0n) is 17.8. The predicted octanol–water partition coefficient (Wildman–Crippen LogP) is 4.71. The lowest BCUT2D eigenvalue weighted by molar-refractivity contribution is 0.341. The summed E-state index contributed by atoms with van der Waals surface area (Å²) in [5.74, 6) is 2.32. The maximum atomic E-state index is 5.79. The van der Waals surface area contributed by atoms with Gasteiger partial charge in [-0.3, -0.25) is 4.98 Å². The van der Waals surface area contributed by atoms with E-state index in [0.717, 1.165) is 49.7 Å². The predicted molar refractivity (Wildman–Crippen MR) is 127 cm³/mol. The van der Waals surface area contributed by atoms with Gasteiger partial charge in [-0.25, -0.2) is 4.98 Å². The van der Waals surface area contributed by atoms with Gasteiger partial charge in [0.15, 0.2) is 16.7 Å². The van der Waals surface area contributed by atoms with Crippen LogP contribution < -0.4 is 4.74 Å². The van der Waals surface area contributed by atoms with E-state index >= 15 is 0 Å². The third-order valence-electron chi connectivity index (χ3n) is 5.32. The topological polar surface area (TPSA) is 83.0 Å². The number of rotatable bonds is 6. The molecule has 4 aromatic heterocycles. The van der Waals surface area contributed by atoms with Crippen LogP contribution in [0.15, 0.2) is 72.9 Å². The number of ether oxygens (including phenoxy) is 1. The third kappa shape index (κ3) is 3.42. The van der Waals surface area contributed by atoms with Gasteiger partial charge in [-0.05, 0) is 43.3 Å². The maximum absolute atomic E-state index is 5.79. The van der Waals surface area contributed by atoms with Crippen molar-refractivity contribution in [2.45, 2.75) is 13.5 Å². The average molecular weight is 454 g/mol. The second-order valence-corrected chi connectivity index (χ2v) is 8.33. The van der Waals surface area contributed by atoms with Crippen LogP contribution in [0.2, 0.25) is 0 Å². The normalized spacial score (nSPS) is 11.4. The molecule has 6 aromatic rings. The Morgan fingerprint density at radius 2 is 1.79 bits per heavy atom. The molecule has 0 saturated carbocycles. The van der Waals surface area contributed by atoms with Crippen molar-refractivity contribution in [1.29, 1.82) is 0 Å². The molecule has 2 aromatic carbocycles. The molecule has 0 fully saturated rings. The molecular weight excluding hydrogens is 434 g/mol. The van der Waals surface area contributed by atoms with Gasteiger partial charge in [0, 0.05) is 6.20 Å². The van der Waals surface area contributed by atoms with Crippen molar-refractivity contribution in [1.82, 2.24) is 34.3 Å². The number of benzene rings is 2. The van der Waals surface area contributed by atoms with Crippen LogP contribution in [0.4, 0.5) is 0 Å². The highest BCUT2D eigenvalue weighted by molar-refractivity contribution is 7.19. The van der Waals surface area contributed by atoms with Crippen LogP contribution in [0, 0.1) is 0 Å². The van der Waals surface area contributed by atoms with Crippen LogP contribution in [0.5, 0.6) is 5.75 Å². The molecule has 0 aliphatic rings. The molecule has 0 radical (unpaired) electrons. The van der Waals surface area contributed by atoms with E-state index < -0.39 is 0 Å². The van der Waals surface area contributed by atoms with E-state index in [1.807, 2.05) is 67.6 Å². The number of fused-ring (bicyclic) bond motifs is 2. The second-order valence-electron chi connectivity index (χ2n) is 7.37. The summed E-state index contributed by atoms with van der Waals surface area (Å²) in [5, 5.41) is 14.5. The average Bonchev–Trinajstić information content (AvgIpc) is 3.54. The Balaban J connectivity index is 1.45. The Morgan fingerprint density at radius 1 is 0.939 bits per heavy atom. The summed E-state index contributed by atoms with van der Waals surface area (Å²) in [7, 11) is 0. The van der Waals surface area contributed by atoms with E-state index in [9.17, 15) is 0 Å². The van der Waals surface area contributed by atoms with Crippen molar-refractivity contribution in [3.8, 4) is 27.8 Å². The molecule has 33 heavy (non-hydrogen) atoms. The zero-order valence-corrected chi connectivity index (χ0v) is 18.6. The highest BCUT2D eigenvalue weighted by Crippen LogP contribution is 2.33. The molecule has 6 rings (SSSR count). The van der Waals surface area contributed by atoms with Crippen LogP contribution in [-0.4, -0.2) is 41.0 Å². The number of hydrogen-bond acceptors (Lipinski definition) is 7. The number of imidazole rings is 1. The molecule has 0 amide bonds. The van der Waals surface area contributed by atoms with Crippen molar-refractivity contribution in [3.05, 3.63) is 78.8 Å². The van der Waals surface area contributed by atoms with Gasteiger partial charge in [0.1, 0.15) is 11.4 Å². The van der Waals surface area contributed by atoms with Crippen LogP contribution in [0.25, 0.3) is 38.1 Å². The van der Waals surface area contributed by atoms with Gasteiger partial charge in [0.25, 0.3) is 0 Å². The van der Waals surface area contributed by atoms with Crippen LogP contribution >= 0.6 is 11.3 Å². The van der Waals surface area contributed by atoms with E-state index in [2.05, 4.69) is 25.8 Å². The molecule has 0 saturated heterocycles. The molecule has 0 unspecified atom stereocenters. The number of pyridine rings is 1. The summed E-state index contributed by atoms with van der Waals surface area (Å²) in [6.45, 7) is 3.03. The van der Waals surface area contributed by atoms with Crippen molar-refractivity contribution < 1.29 is 4.74 Å². The van der Waals surface area contributed by atoms with Crippen LogP contribution in [-0.2, 0) is 6.54 Å². The molecule has 162 valence electrons. The number of para-hydroxylation sites is 3. The van der Waals surface area contributed by atoms with Gasteiger partial charge < -0.3 is 9.30 Å². The smallest absolute Gasteiger partial charge is 0.235 e. The first-order chi connectivity index (χ1) is 16.3. The highest BCUT2D eigenvalue weighted by Gasteiger charge is 2.19. The van der Waals surface area contributed by atoms with Gasteiger partial charge in [-0.1, -0.05) is 41.7 Å². The minimum absolute atomic E-state index is 0.462. The first-order valence-electron chi connectivity index (χ1n) is 10.6. The molecule has 0 N–H and O–H groups in total. The zero-order chi connectivity index (χ0) is 22.2. The van der Waals surface area contributed by atoms with Crippen molar-refractivity contribution in [3.63, 3.8) is 0 Å². The van der Waals surface area contributed by atoms with Crippen molar-refractivity contribution in [2.24, 2.45) is 0 Å². The minimum atomic E-state index is 0.462. The van der Waals surface area contributed by atoms with Gasteiger partial charge in [-0.15, -0.1) is 10.2 Å². The van der Waals surface area contributed by atoms with Crippen molar-refractivity contribution in [2.75, 3.05) is 6.61 Å². The lowest BCUT2D eigenvalue weighted by Gasteiger charge is -2.08. The summed E-state index contributed by atoms with van der Waals surface area (Å²) >= 11 is 1.49. The lowest BCUT2D eigenvalue weighted by Crippen LogP contribution is -2.07. The summed E-state index contributed by atoms with van der Waals surface area (Å²) in [6, 6.07) is 21.8. The number of aromatic nitrogens is 7. The second kappa shape index (κ2) is 8.10. The Bertz CT molecular complexity index is 1570. The van der Waals surface area contributed by atoms with Gasteiger partial charge in [0.2, 0.25) is 4.96 Å². The van der Waals surface area contributed by atoms with E-state index in [-0.39, 0.29) is 0 Å². The Hall–Kier alpha value is -4.11. The summed E-state index contributed by atoms with van der Waals surface area (Å²) < 4.78 is 9.71. The Kier molecular flexibility index (Phi) is 4.80. The van der Waals surface area contributed by atoms with E-state index in [1.54, 1.807) is 10.7 Å². The monoisotopic (exact) mass is 453 g/mol. The van der Waals surface area contributed by atoms with E-state index in [1.165, 1.54) is 11.3 Å². The SMILES string of the molecule is CCOc1ccccc1-c1nn2c(Cn3c(-c4ccccn4)nc4ccccc43)nnc2s1. The van der Waals surface area contributed by atoms with Crippen LogP contribution in [0.3, 0.4) is 0 Å². The Labute approximate surface area is 193 Å². The van der Waals surface area contributed by atoms with Gasteiger partial charge in [0.05, 0.1) is 29.7 Å². The molecule has 8 nitrogen and oxygen atoms in total. The first-order valence-corrected chi connectivity index (χ1v) is 11.4. The Morgan fingerprint density at radius 3 is 2.67 bits per heavy atom. The largest absolute Gasteiger partial charge is 0.493 e. The van der Waals surface area contributed by atoms with Crippen molar-refractivity contribution >= 4 is 27.3 Å². The third-order valence-corrected chi connectivity index (χ3v) is 6.25. The minimum Gasteiger partial charge on any atom is -0.493 e. The first kappa shape index (κ1) is 19.6. The fraction of sp³-hybridized carbons (Fsp3) is 0.125. The quantitative estimate of drug-likeness (QED) is 0.363. The summed E-state index contributed by atoms with van der Waals surface area (Å²) in [5.41, 5.74) is 3.66. The molecule has 0 spiro atoms. The van der Waals surface area contributed by atoms with Gasteiger partial charge in [-0.2, -0.15) is 9.61 Å². The number of nitrogens with zero attached hydrogens (tertiary/aromatic N) is 7. The number of hydrogen-bond donors (Lipinski definition) is 0. The van der Waals surface area contributed by atoms with E-state index in [0.29, 0.717) is 13.2 Å². The highest BCUT2D eigenvalue weighted by atomic mass is 32.1. The van der Waals surface area contributed by atoms with Crippen LogP contribution in [0.1, 0.15) is 12.7 Å². The standard InChI is InChI=1S/C24H19N7OS/c1-2-32-20-13-6-3-9-16(20)23-29-31-21(27-28-24(31)33-23)15-30-19-12-5-4-10-17(19)26-22(30)18-11-7-8-14-25-18/h3-14H,2,15H2,1H3. The van der Waals surface area contributed by atoms with E-state index in [4.69, 9.17) is 14.8 Å². The summed E-state index contributed by atoms with van der Waals surface area (Å²) in [4.78, 5) is 10.1. The molecular formula is C24H19N7OS. The molecule has 4 heterocycles. The maximum Gasteiger partial charge on any atom is 0.235 e. The molecule has 0 bridgehead atoms. The summed E-state index contributed by atoms with van der Waals surface area (Å²) in [6.07, 6.45) is 1.77. The molecule has 9 heteroatoms. The molecule has 0 atom stereocenters. The molecule has 0 aliphatic carbocycles. The fourth-order valence-corrected chi connectivity index (χ4v) is 4.75. The molecule has 0 aliphatic heterocycles. The fourth-order valence-electron chi connectivity index (χ4n) is 3.86. The lowest BCUT2D eigenvalue weighted by atomic mass is 10.2. The van der Waals surface area contributed by atoms with Gasteiger partial charge >= 0.3 is 0 Å².